The van der Waals surface area contributed by atoms with Crippen LogP contribution < -0.4 is 5.73 Å². The number of rotatable bonds is 0. The van der Waals surface area contributed by atoms with Crippen molar-refractivity contribution in [2.75, 3.05) is 19.3 Å². The third-order valence-corrected chi connectivity index (χ3v) is 3.75. The molecule has 0 saturated heterocycles. The molecule has 0 bridgehead atoms. The van der Waals surface area contributed by atoms with Crippen LogP contribution in [0.2, 0.25) is 0 Å². The molecule has 1 aromatic rings. The van der Waals surface area contributed by atoms with Gasteiger partial charge in [0.1, 0.15) is 0 Å². The molecule has 2 N–H and O–H groups in total. The second kappa shape index (κ2) is 3.42. The molecule has 0 aromatic heterocycles. The Morgan fingerprint density at radius 1 is 1.35 bits per heavy atom. The van der Waals surface area contributed by atoms with E-state index in [2.05, 4.69) is 4.90 Å². The van der Waals surface area contributed by atoms with Crippen LogP contribution in [0, 0.1) is 0 Å². The van der Waals surface area contributed by atoms with E-state index in [-0.39, 0.29) is 18.8 Å². The van der Waals surface area contributed by atoms with Crippen LogP contribution in [0.1, 0.15) is 29.0 Å². The van der Waals surface area contributed by atoms with Gasteiger partial charge in [-0.2, -0.15) is 0 Å². The number of hydrogen-bond acceptors (Lipinski definition) is 2. The number of nitrogen functional groups attached to an aromatic ring is 1. The quantitative estimate of drug-likeness (QED) is 0.703. The third-order valence-electron chi connectivity index (χ3n) is 3.75. The van der Waals surface area contributed by atoms with E-state index in [1.54, 1.807) is 6.07 Å². The molecule has 2 aliphatic rings. The Kier molecular flexibility index (Phi) is 2.20. The molecule has 0 spiro atoms. The zero-order valence-electron chi connectivity index (χ0n) is 9.84. The highest BCUT2D eigenvalue weighted by atomic mass is 19.3. The van der Waals surface area contributed by atoms with Crippen molar-refractivity contribution in [3.63, 3.8) is 0 Å². The Hall–Kier alpha value is -1.16. The summed E-state index contributed by atoms with van der Waals surface area (Å²) >= 11 is 0. The minimum Gasteiger partial charge on any atom is -0.399 e. The van der Waals surface area contributed by atoms with Crippen LogP contribution in [0.5, 0.6) is 0 Å². The molecule has 0 amide bonds. The SMILES string of the molecule is CN1Cc2cc(N)cc3c2[C@H](C1)CC(F)(F)C3. The predicted octanol–water partition coefficient (Wildman–Crippen LogP) is 2.38. The second-order valence-corrected chi connectivity index (χ2v) is 5.38. The topological polar surface area (TPSA) is 29.3 Å². The average Bonchev–Trinajstić information content (AvgIpc) is 2.12. The molecule has 92 valence electrons. The second-order valence-electron chi connectivity index (χ2n) is 5.38. The molecule has 1 aromatic carbocycles. The molecule has 3 rings (SSSR count). The lowest BCUT2D eigenvalue weighted by Crippen LogP contribution is -2.39. The van der Waals surface area contributed by atoms with Crippen LogP contribution in [0.3, 0.4) is 0 Å². The number of benzene rings is 1. The third kappa shape index (κ3) is 1.80. The molecule has 4 heteroatoms. The highest BCUT2D eigenvalue weighted by molar-refractivity contribution is 5.53. The first kappa shape index (κ1) is 11.0. The van der Waals surface area contributed by atoms with E-state index in [0.29, 0.717) is 5.69 Å². The van der Waals surface area contributed by atoms with Gasteiger partial charge in [0.25, 0.3) is 5.92 Å². The molecule has 1 aliphatic heterocycles. The van der Waals surface area contributed by atoms with Gasteiger partial charge in [-0.3, -0.25) is 0 Å². The van der Waals surface area contributed by atoms with Gasteiger partial charge < -0.3 is 10.6 Å². The first-order chi connectivity index (χ1) is 7.94. The van der Waals surface area contributed by atoms with Crippen LogP contribution in [0.15, 0.2) is 12.1 Å². The Balaban J connectivity index is 2.16. The van der Waals surface area contributed by atoms with Gasteiger partial charge in [-0.05, 0) is 35.9 Å². The first-order valence-electron chi connectivity index (χ1n) is 5.92. The van der Waals surface area contributed by atoms with E-state index >= 15 is 0 Å². The van der Waals surface area contributed by atoms with Gasteiger partial charge in [-0.25, -0.2) is 8.78 Å². The summed E-state index contributed by atoms with van der Waals surface area (Å²) in [5, 5.41) is 0. The number of nitrogens with two attached hydrogens (primary N) is 1. The van der Waals surface area contributed by atoms with Crippen molar-refractivity contribution in [1.82, 2.24) is 4.90 Å². The van der Waals surface area contributed by atoms with Gasteiger partial charge in [0.2, 0.25) is 0 Å². The lowest BCUT2D eigenvalue weighted by Gasteiger charge is -2.39. The van der Waals surface area contributed by atoms with Gasteiger partial charge in [-0.15, -0.1) is 0 Å². The van der Waals surface area contributed by atoms with Crippen molar-refractivity contribution in [2.24, 2.45) is 0 Å². The molecular formula is C13H16F2N2. The number of nitrogens with zero attached hydrogens (tertiary/aromatic N) is 1. The number of likely N-dealkylation sites (N-methyl/N-ethyl adjacent to an activating group) is 1. The number of anilines is 1. The van der Waals surface area contributed by atoms with Gasteiger partial charge in [0, 0.05) is 37.5 Å². The summed E-state index contributed by atoms with van der Waals surface area (Å²) in [6.45, 7) is 1.54. The molecule has 0 radical (unpaired) electrons. The van der Waals surface area contributed by atoms with Crippen molar-refractivity contribution >= 4 is 5.69 Å². The fraction of sp³-hybridized carbons (Fsp3) is 0.538. The van der Waals surface area contributed by atoms with Gasteiger partial charge in [0.05, 0.1) is 0 Å². The first-order valence-corrected chi connectivity index (χ1v) is 5.92. The zero-order valence-corrected chi connectivity index (χ0v) is 9.84. The van der Waals surface area contributed by atoms with E-state index in [0.717, 1.165) is 29.8 Å². The summed E-state index contributed by atoms with van der Waals surface area (Å²) in [6.07, 6.45) is -0.179. The van der Waals surface area contributed by atoms with Crippen molar-refractivity contribution in [1.29, 1.82) is 0 Å². The van der Waals surface area contributed by atoms with Crippen LogP contribution in [0.4, 0.5) is 14.5 Å². The van der Waals surface area contributed by atoms with Crippen molar-refractivity contribution in [3.8, 4) is 0 Å². The molecular weight excluding hydrogens is 222 g/mol. The van der Waals surface area contributed by atoms with Crippen LogP contribution in [-0.2, 0) is 13.0 Å². The minimum atomic E-state index is -2.58. The van der Waals surface area contributed by atoms with Crippen LogP contribution >= 0.6 is 0 Å². The summed E-state index contributed by atoms with van der Waals surface area (Å²) in [7, 11) is 1.97. The average molecular weight is 238 g/mol. The fourth-order valence-electron chi connectivity index (χ4n) is 3.31. The maximum atomic E-state index is 13.7. The highest BCUT2D eigenvalue weighted by Crippen LogP contribution is 2.45. The Morgan fingerprint density at radius 3 is 2.82 bits per heavy atom. The van der Waals surface area contributed by atoms with Crippen molar-refractivity contribution in [3.05, 3.63) is 28.8 Å². The molecule has 0 unspecified atom stereocenters. The Morgan fingerprint density at radius 2 is 2.06 bits per heavy atom. The Labute approximate surface area is 99.4 Å². The molecule has 2 nitrogen and oxygen atoms in total. The molecule has 1 heterocycles. The standard InChI is InChI=1S/C13H16F2N2/c1-17-6-9-3-11(16)2-8-4-13(14,15)5-10(7-17)12(8)9/h2-3,10H,4-7,16H2,1H3/t10-/m0/s1. The van der Waals surface area contributed by atoms with E-state index < -0.39 is 5.92 Å². The molecule has 1 atom stereocenters. The van der Waals surface area contributed by atoms with Crippen LogP contribution in [-0.4, -0.2) is 24.4 Å². The summed E-state index contributed by atoms with van der Waals surface area (Å²) < 4.78 is 27.4. The fourth-order valence-corrected chi connectivity index (χ4v) is 3.31. The maximum Gasteiger partial charge on any atom is 0.252 e. The summed E-state index contributed by atoms with van der Waals surface area (Å²) in [5.74, 6) is -2.62. The van der Waals surface area contributed by atoms with E-state index in [1.807, 2.05) is 13.1 Å². The number of hydrogen-bond donors (Lipinski definition) is 1. The van der Waals surface area contributed by atoms with E-state index in [4.69, 9.17) is 5.73 Å². The zero-order chi connectivity index (χ0) is 12.2. The predicted molar refractivity (Wildman–Crippen MR) is 63.2 cm³/mol. The molecule has 0 saturated carbocycles. The summed E-state index contributed by atoms with van der Waals surface area (Å²) in [6, 6.07) is 3.66. The maximum absolute atomic E-state index is 13.7. The summed E-state index contributed by atoms with van der Waals surface area (Å²) in [4.78, 5) is 2.09. The van der Waals surface area contributed by atoms with Crippen LogP contribution in [0.25, 0.3) is 0 Å². The van der Waals surface area contributed by atoms with Crippen molar-refractivity contribution in [2.45, 2.75) is 31.2 Å². The van der Waals surface area contributed by atoms with Crippen molar-refractivity contribution < 1.29 is 8.78 Å². The lowest BCUT2D eigenvalue weighted by molar-refractivity contribution is -0.0252. The Bertz CT molecular complexity index is 471. The molecule has 17 heavy (non-hydrogen) atoms. The van der Waals surface area contributed by atoms with Gasteiger partial charge >= 0.3 is 0 Å². The summed E-state index contributed by atoms with van der Waals surface area (Å²) in [5.41, 5.74) is 9.43. The van der Waals surface area contributed by atoms with E-state index in [9.17, 15) is 8.78 Å². The smallest absolute Gasteiger partial charge is 0.252 e. The minimum absolute atomic E-state index is 0.0265. The number of alkyl halides is 2. The van der Waals surface area contributed by atoms with Gasteiger partial charge in [0.15, 0.2) is 0 Å². The molecule has 0 fully saturated rings. The molecule has 1 aliphatic carbocycles. The normalized spacial score (nSPS) is 26.6. The van der Waals surface area contributed by atoms with Gasteiger partial charge in [-0.1, -0.05) is 0 Å². The highest BCUT2D eigenvalue weighted by Gasteiger charge is 2.42. The monoisotopic (exact) mass is 238 g/mol. The lowest BCUT2D eigenvalue weighted by atomic mass is 9.76. The largest absolute Gasteiger partial charge is 0.399 e. The number of halogens is 2. The van der Waals surface area contributed by atoms with E-state index in [1.165, 1.54) is 0 Å².